The van der Waals surface area contributed by atoms with Gasteiger partial charge < -0.3 is 0 Å². The number of aromatic nitrogens is 2. The lowest BCUT2D eigenvalue weighted by molar-refractivity contribution is 0.769. The van der Waals surface area contributed by atoms with Gasteiger partial charge in [-0.25, -0.2) is 9.97 Å². The Labute approximate surface area is 357 Å². The number of nitrogens with zero attached hydrogens (tertiary/aromatic N) is 2. The first-order valence-electron chi connectivity index (χ1n) is 20.9. The lowest BCUT2D eigenvalue weighted by Crippen LogP contribution is -2.28. The number of hydrogen-bond donors (Lipinski definition) is 0. The van der Waals surface area contributed by atoms with E-state index in [2.05, 4.69) is 218 Å². The van der Waals surface area contributed by atoms with E-state index in [1.165, 1.54) is 44.5 Å². The van der Waals surface area contributed by atoms with Crippen LogP contribution in [-0.2, 0) is 5.41 Å². The molecule has 0 fully saturated rings. The summed E-state index contributed by atoms with van der Waals surface area (Å²) in [5.74, 6) is 0.705. The fourth-order valence-electron chi connectivity index (χ4n) is 9.33. The van der Waals surface area contributed by atoms with Gasteiger partial charge in [0.05, 0.1) is 16.8 Å². The summed E-state index contributed by atoms with van der Waals surface area (Å²) in [4.78, 5) is 10.2. The van der Waals surface area contributed by atoms with Gasteiger partial charge in [0.15, 0.2) is 5.82 Å². The fourth-order valence-corrected chi connectivity index (χ4v) is 9.33. The van der Waals surface area contributed by atoms with Gasteiger partial charge in [0, 0.05) is 16.7 Å². The molecule has 286 valence electrons. The van der Waals surface area contributed by atoms with E-state index < -0.39 is 5.41 Å². The molecule has 0 saturated carbocycles. The maximum atomic E-state index is 5.16. The normalized spacial score (nSPS) is 12.4. The van der Waals surface area contributed by atoms with Crippen molar-refractivity contribution in [2.75, 3.05) is 0 Å². The van der Waals surface area contributed by atoms with Crippen LogP contribution in [0.3, 0.4) is 0 Å². The summed E-state index contributed by atoms with van der Waals surface area (Å²) in [6.45, 7) is 0. The van der Waals surface area contributed by atoms with Crippen molar-refractivity contribution in [2.45, 2.75) is 5.41 Å². The van der Waals surface area contributed by atoms with E-state index in [4.69, 9.17) is 9.97 Å². The molecular weight excluding hydrogens is 737 g/mol. The zero-order valence-electron chi connectivity index (χ0n) is 33.5. The highest BCUT2D eigenvalue weighted by Crippen LogP contribution is 2.56. The summed E-state index contributed by atoms with van der Waals surface area (Å²) >= 11 is 0. The highest BCUT2D eigenvalue weighted by atomic mass is 14.9. The van der Waals surface area contributed by atoms with E-state index >= 15 is 0 Å². The average Bonchev–Trinajstić information content (AvgIpc) is 3.66. The van der Waals surface area contributed by atoms with Crippen LogP contribution in [0.25, 0.3) is 78.4 Å². The van der Waals surface area contributed by atoms with Crippen molar-refractivity contribution in [1.82, 2.24) is 9.97 Å². The summed E-state index contributed by atoms with van der Waals surface area (Å²) in [6, 6.07) is 87.3. The third-order valence-electron chi connectivity index (χ3n) is 12.1. The third-order valence-corrected chi connectivity index (χ3v) is 12.1. The molecule has 0 aliphatic heterocycles. The molecule has 10 aromatic rings. The van der Waals surface area contributed by atoms with Crippen LogP contribution in [0, 0.1) is 0 Å². The third kappa shape index (κ3) is 6.46. The van der Waals surface area contributed by atoms with Crippen molar-refractivity contribution in [3.8, 4) is 78.4 Å². The lowest BCUT2D eigenvalue weighted by Gasteiger charge is -2.34. The van der Waals surface area contributed by atoms with Crippen LogP contribution in [0.5, 0.6) is 0 Å². The molecule has 0 radical (unpaired) electrons. The molecule has 1 aliphatic rings. The van der Waals surface area contributed by atoms with E-state index in [9.17, 15) is 0 Å². The van der Waals surface area contributed by atoms with Gasteiger partial charge in [0.1, 0.15) is 0 Å². The smallest absolute Gasteiger partial charge is 0.160 e. The topological polar surface area (TPSA) is 25.8 Å². The van der Waals surface area contributed by atoms with Gasteiger partial charge in [-0.2, -0.15) is 0 Å². The molecule has 0 spiro atoms. The van der Waals surface area contributed by atoms with Gasteiger partial charge in [0.25, 0.3) is 0 Å². The summed E-state index contributed by atoms with van der Waals surface area (Å²) < 4.78 is 0. The van der Waals surface area contributed by atoms with Crippen molar-refractivity contribution in [3.63, 3.8) is 0 Å². The van der Waals surface area contributed by atoms with Gasteiger partial charge in [-0.05, 0) is 103 Å². The molecule has 1 heterocycles. The maximum Gasteiger partial charge on any atom is 0.160 e. The van der Waals surface area contributed by atoms with Crippen LogP contribution in [0.1, 0.15) is 22.3 Å². The molecule has 2 nitrogen and oxygen atoms in total. The Kier molecular flexibility index (Phi) is 9.09. The number of hydrogen-bond acceptors (Lipinski definition) is 2. The minimum atomic E-state index is -0.479. The second kappa shape index (κ2) is 15.3. The van der Waals surface area contributed by atoms with Gasteiger partial charge >= 0.3 is 0 Å². The molecule has 0 unspecified atom stereocenters. The monoisotopic (exact) mass is 776 g/mol. The molecular formula is C59H40N2. The highest BCUT2D eigenvalue weighted by Gasteiger charge is 2.45. The van der Waals surface area contributed by atoms with Crippen LogP contribution in [0.2, 0.25) is 0 Å². The minimum absolute atomic E-state index is 0.479. The Hall–Kier alpha value is -7.94. The van der Waals surface area contributed by atoms with Crippen molar-refractivity contribution in [3.05, 3.63) is 265 Å². The van der Waals surface area contributed by atoms with E-state index in [1.54, 1.807) is 0 Å². The molecule has 2 heteroatoms. The van der Waals surface area contributed by atoms with Crippen molar-refractivity contribution < 1.29 is 0 Å². The van der Waals surface area contributed by atoms with Crippen molar-refractivity contribution >= 4 is 0 Å². The van der Waals surface area contributed by atoms with Gasteiger partial charge in [-0.3, -0.25) is 0 Å². The molecule has 9 aromatic carbocycles. The summed E-state index contributed by atoms with van der Waals surface area (Å²) in [7, 11) is 0. The molecule has 1 aromatic heterocycles. The van der Waals surface area contributed by atoms with Crippen molar-refractivity contribution in [2.24, 2.45) is 0 Å². The van der Waals surface area contributed by atoms with Crippen LogP contribution in [0.4, 0.5) is 0 Å². The van der Waals surface area contributed by atoms with Gasteiger partial charge in [-0.1, -0.05) is 206 Å². The Morgan fingerprint density at radius 1 is 0.246 bits per heavy atom. The minimum Gasteiger partial charge on any atom is -0.228 e. The van der Waals surface area contributed by atoms with E-state index in [0.29, 0.717) is 5.82 Å². The van der Waals surface area contributed by atoms with E-state index in [-0.39, 0.29) is 0 Å². The summed E-state index contributed by atoms with van der Waals surface area (Å²) in [5.41, 5.74) is 19.0. The van der Waals surface area contributed by atoms with Gasteiger partial charge in [0.2, 0.25) is 0 Å². The summed E-state index contributed by atoms with van der Waals surface area (Å²) in [5, 5.41) is 0. The first-order chi connectivity index (χ1) is 30.2. The second-order valence-corrected chi connectivity index (χ2v) is 15.7. The molecule has 1 aliphatic carbocycles. The Balaban J connectivity index is 1.08. The molecule has 0 N–H and O–H groups in total. The predicted octanol–water partition coefficient (Wildman–Crippen LogP) is 14.8. The first-order valence-corrected chi connectivity index (χ1v) is 20.9. The Bertz CT molecular complexity index is 3070. The first kappa shape index (κ1) is 36.2. The standard InChI is InChI=1S/C59H40N2/c1-5-19-41(20-6-1)47-36-48(44-25-17-27-46(35-44)57-40-56(42-21-7-2-8-22-42)60-58(61-57)43-23-9-3-10-24-43)38-49(37-47)45-26-18-30-51(39-45)59(50-28-11-4-12-29-50)54-33-15-13-31-52(54)53-32-14-16-34-55(53)59/h1-40H. The molecule has 0 saturated heterocycles. The van der Waals surface area contributed by atoms with Crippen LogP contribution in [-0.4, -0.2) is 9.97 Å². The molecule has 11 rings (SSSR count). The molecule has 0 atom stereocenters. The van der Waals surface area contributed by atoms with E-state index in [1.807, 2.05) is 24.3 Å². The zero-order valence-corrected chi connectivity index (χ0v) is 33.5. The number of rotatable bonds is 8. The Morgan fingerprint density at radius 3 is 1.25 bits per heavy atom. The van der Waals surface area contributed by atoms with Crippen molar-refractivity contribution in [1.29, 1.82) is 0 Å². The van der Waals surface area contributed by atoms with Gasteiger partial charge in [-0.15, -0.1) is 0 Å². The number of benzene rings is 9. The van der Waals surface area contributed by atoms with Crippen LogP contribution < -0.4 is 0 Å². The zero-order chi connectivity index (χ0) is 40.6. The molecule has 0 amide bonds. The molecule has 61 heavy (non-hydrogen) atoms. The number of fused-ring (bicyclic) bond motifs is 3. The maximum absolute atomic E-state index is 5.16. The quantitative estimate of drug-likeness (QED) is 0.154. The van der Waals surface area contributed by atoms with Crippen LogP contribution >= 0.6 is 0 Å². The predicted molar refractivity (Wildman–Crippen MR) is 252 cm³/mol. The molecule has 0 bridgehead atoms. The fraction of sp³-hybridized carbons (Fsp3) is 0.0169. The SMILES string of the molecule is c1ccc(-c2cc(-c3cccc(-c4cc(-c5ccccc5)nc(-c5ccccc5)n4)c3)cc(-c3cccc(C4(c5ccccc5)c5ccccc5-c5ccccc54)c3)c2)cc1. The second-order valence-electron chi connectivity index (χ2n) is 15.7. The summed E-state index contributed by atoms with van der Waals surface area (Å²) in [6.07, 6.45) is 0. The van der Waals surface area contributed by atoms with Crippen LogP contribution in [0.15, 0.2) is 243 Å². The average molecular weight is 777 g/mol. The largest absolute Gasteiger partial charge is 0.228 e. The van der Waals surface area contributed by atoms with E-state index in [0.717, 1.165) is 50.3 Å². The Morgan fingerprint density at radius 2 is 0.639 bits per heavy atom. The lowest BCUT2D eigenvalue weighted by atomic mass is 9.67. The highest BCUT2D eigenvalue weighted by molar-refractivity contribution is 5.88.